The number of halogens is 1. The highest BCUT2D eigenvalue weighted by Crippen LogP contribution is 2.12. The van der Waals surface area contributed by atoms with Gasteiger partial charge in [0.2, 0.25) is 0 Å². The lowest BCUT2D eigenvalue weighted by Gasteiger charge is -2.01. The van der Waals surface area contributed by atoms with Crippen LogP contribution in [0.2, 0.25) is 0 Å². The van der Waals surface area contributed by atoms with Gasteiger partial charge in [-0.25, -0.2) is 4.98 Å². The Hall–Kier alpha value is -2.27. The number of aromatic hydroxyl groups is 1. The van der Waals surface area contributed by atoms with Gasteiger partial charge in [-0.3, -0.25) is 4.84 Å². The van der Waals surface area contributed by atoms with E-state index >= 15 is 0 Å². The molecule has 2 aromatic rings. The molecule has 21 heavy (non-hydrogen) atoms. The van der Waals surface area contributed by atoms with Crippen molar-refractivity contribution in [2.24, 2.45) is 0 Å². The van der Waals surface area contributed by atoms with Crippen LogP contribution in [0, 0.1) is 0 Å². The lowest BCUT2D eigenvalue weighted by molar-refractivity contribution is -0.758. The number of methoxy groups -OCH3 is 1. The van der Waals surface area contributed by atoms with Gasteiger partial charge in [0, 0.05) is 13.1 Å². The molecule has 0 aliphatic heterocycles. The van der Waals surface area contributed by atoms with Crippen LogP contribution in [0.4, 0.5) is 0 Å². The Morgan fingerprint density at radius 3 is 2.57 bits per heavy atom. The van der Waals surface area contributed by atoms with Gasteiger partial charge in [0.15, 0.2) is 12.3 Å². The van der Waals surface area contributed by atoms with Gasteiger partial charge in [-0.15, -0.1) is 0 Å². The summed E-state index contributed by atoms with van der Waals surface area (Å²) in [6.07, 6.45) is 1.61. The molecule has 1 aromatic heterocycles. The Morgan fingerprint density at radius 2 is 1.95 bits per heavy atom. The summed E-state index contributed by atoms with van der Waals surface area (Å²) in [6, 6.07) is 10.9. The smallest absolute Gasteiger partial charge is 0.251 e. The van der Waals surface area contributed by atoms with E-state index in [-0.39, 0.29) is 18.2 Å². The predicted octanol–water partition coefficient (Wildman–Crippen LogP) is -2.18. The summed E-state index contributed by atoms with van der Waals surface area (Å²) in [5, 5.41) is 12.4. The topological polar surface area (TPSA) is 65.5 Å². The van der Waals surface area contributed by atoms with Crippen molar-refractivity contribution in [2.45, 2.75) is 13.5 Å². The lowest BCUT2D eigenvalue weighted by atomic mass is 10.2. The SMILES string of the molecule is COc1ccc(CO[NH+]=C(C)c2ncccc2O)cc1.[Cl-]. The zero-order chi connectivity index (χ0) is 14.4. The molecule has 0 fully saturated rings. The van der Waals surface area contributed by atoms with Crippen LogP contribution in [-0.2, 0) is 11.4 Å². The Balaban J connectivity index is 0.00000220. The molecule has 5 nitrogen and oxygen atoms in total. The molecular formula is C15H17ClN2O3. The fourth-order valence-corrected chi connectivity index (χ4v) is 1.68. The largest absolute Gasteiger partial charge is 1.00 e. The summed E-state index contributed by atoms with van der Waals surface area (Å²) in [6.45, 7) is 2.19. The Morgan fingerprint density at radius 1 is 1.24 bits per heavy atom. The predicted molar refractivity (Wildman–Crippen MR) is 74.4 cm³/mol. The van der Waals surface area contributed by atoms with Crippen LogP contribution in [0.25, 0.3) is 0 Å². The standard InChI is InChI=1S/C15H16N2O3.ClH/c1-11(15-14(18)4-3-9-16-15)17-20-10-12-5-7-13(19-2)8-6-12;/h3-9,18H,10H2,1-2H3;1H. The van der Waals surface area contributed by atoms with Crippen LogP contribution >= 0.6 is 0 Å². The highest BCUT2D eigenvalue weighted by Gasteiger charge is 2.11. The summed E-state index contributed by atoms with van der Waals surface area (Å²) in [5.74, 6) is 0.924. The second kappa shape index (κ2) is 8.11. The molecule has 0 unspecified atom stereocenters. The maximum absolute atomic E-state index is 9.66. The number of ether oxygens (including phenoxy) is 1. The van der Waals surface area contributed by atoms with Crippen molar-refractivity contribution in [1.82, 2.24) is 4.98 Å². The van der Waals surface area contributed by atoms with Gasteiger partial charge >= 0.3 is 0 Å². The minimum atomic E-state index is 0. The molecule has 0 aliphatic rings. The molecule has 0 radical (unpaired) electrons. The molecule has 2 N–H and O–H groups in total. The maximum Gasteiger partial charge on any atom is 0.251 e. The Bertz CT molecular complexity index is 600. The Labute approximate surface area is 129 Å². The molecule has 1 heterocycles. The van der Waals surface area contributed by atoms with E-state index in [1.807, 2.05) is 24.3 Å². The van der Waals surface area contributed by atoms with Gasteiger partial charge in [0.25, 0.3) is 5.71 Å². The van der Waals surface area contributed by atoms with E-state index in [0.29, 0.717) is 18.0 Å². The number of pyridine rings is 1. The van der Waals surface area contributed by atoms with Crippen molar-refractivity contribution in [2.75, 3.05) is 7.11 Å². The second-order valence-electron chi connectivity index (χ2n) is 4.23. The summed E-state index contributed by atoms with van der Waals surface area (Å²) >= 11 is 0. The van der Waals surface area contributed by atoms with Crippen LogP contribution in [-0.4, -0.2) is 22.9 Å². The van der Waals surface area contributed by atoms with Crippen molar-refractivity contribution in [1.29, 1.82) is 0 Å². The third-order valence-corrected chi connectivity index (χ3v) is 2.76. The molecule has 0 saturated carbocycles. The first-order chi connectivity index (χ1) is 9.70. The first-order valence-electron chi connectivity index (χ1n) is 6.19. The van der Waals surface area contributed by atoms with Crippen LogP contribution < -0.4 is 22.3 Å². The van der Waals surface area contributed by atoms with E-state index < -0.39 is 0 Å². The van der Waals surface area contributed by atoms with Gasteiger partial charge < -0.3 is 22.3 Å². The van der Waals surface area contributed by atoms with Crippen molar-refractivity contribution in [3.63, 3.8) is 0 Å². The highest BCUT2D eigenvalue weighted by atomic mass is 35.5. The van der Waals surface area contributed by atoms with Crippen molar-refractivity contribution < 1.29 is 32.2 Å². The quantitative estimate of drug-likeness (QED) is 0.487. The van der Waals surface area contributed by atoms with Gasteiger partial charge in [0.1, 0.15) is 11.5 Å². The van der Waals surface area contributed by atoms with Gasteiger partial charge in [-0.2, -0.15) is 0 Å². The van der Waals surface area contributed by atoms with E-state index in [4.69, 9.17) is 9.57 Å². The molecule has 6 heteroatoms. The van der Waals surface area contributed by atoms with E-state index in [9.17, 15) is 5.11 Å². The van der Waals surface area contributed by atoms with Crippen molar-refractivity contribution >= 4 is 5.71 Å². The third kappa shape index (κ3) is 4.65. The molecule has 0 amide bonds. The number of aromatic nitrogens is 1. The summed E-state index contributed by atoms with van der Waals surface area (Å²) in [5.41, 5.74) is 2.13. The molecule has 0 atom stereocenters. The van der Waals surface area contributed by atoms with E-state index in [0.717, 1.165) is 11.3 Å². The lowest BCUT2D eigenvalue weighted by Crippen LogP contribution is -3.00. The maximum atomic E-state index is 9.66. The summed E-state index contributed by atoms with van der Waals surface area (Å²) < 4.78 is 5.09. The van der Waals surface area contributed by atoms with Gasteiger partial charge in [0.05, 0.1) is 7.11 Å². The second-order valence-corrected chi connectivity index (χ2v) is 4.23. The van der Waals surface area contributed by atoms with Crippen LogP contribution in [0.3, 0.4) is 0 Å². The number of rotatable bonds is 5. The van der Waals surface area contributed by atoms with Crippen LogP contribution in [0.15, 0.2) is 42.6 Å². The third-order valence-electron chi connectivity index (χ3n) is 2.76. The van der Waals surface area contributed by atoms with E-state index in [1.54, 1.807) is 32.4 Å². The normalized spacial score (nSPS) is 10.7. The first kappa shape index (κ1) is 16.8. The molecule has 112 valence electrons. The summed E-state index contributed by atoms with van der Waals surface area (Å²) in [4.78, 5) is 9.47. The van der Waals surface area contributed by atoms with Crippen LogP contribution in [0.1, 0.15) is 18.2 Å². The minimum absolute atomic E-state index is 0. The fraction of sp³-hybridized carbons (Fsp3) is 0.200. The molecule has 0 saturated heterocycles. The average Bonchev–Trinajstić information content (AvgIpc) is 2.48. The first-order valence-corrected chi connectivity index (χ1v) is 6.19. The average molecular weight is 309 g/mol. The number of benzene rings is 1. The number of nitrogens with one attached hydrogen (secondary N) is 1. The zero-order valence-corrected chi connectivity index (χ0v) is 12.6. The molecule has 1 aromatic carbocycles. The molecule has 0 spiro atoms. The number of hydrogen-bond acceptors (Lipinski definition) is 4. The summed E-state index contributed by atoms with van der Waals surface area (Å²) in [7, 11) is 1.63. The highest BCUT2D eigenvalue weighted by molar-refractivity contribution is 5.94. The van der Waals surface area contributed by atoms with Crippen LogP contribution in [0.5, 0.6) is 11.5 Å². The molecule has 0 aliphatic carbocycles. The zero-order valence-electron chi connectivity index (χ0n) is 11.8. The fourth-order valence-electron chi connectivity index (χ4n) is 1.68. The Kier molecular flexibility index (Phi) is 6.49. The molecular weight excluding hydrogens is 292 g/mol. The minimum Gasteiger partial charge on any atom is -1.00 e. The molecule has 2 rings (SSSR count). The van der Waals surface area contributed by atoms with E-state index in [1.165, 1.54) is 0 Å². The molecule has 0 bridgehead atoms. The van der Waals surface area contributed by atoms with Crippen molar-refractivity contribution in [3.8, 4) is 11.5 Å². The monoisotopic (exact) mass is 308 g/mol. The van der Waals surface area contributed by atoms with Gasteiger partial charge in [-0.05, 0) is 35.0 Å². The van der Waals surface area contributed by atoms with E-state index in [2.05, 4.69) is 10.1 Å². The number of nitrogens with zero attached hydrogens (tertiary/aromatic N) is 1. The van der Waals surface area contributed by atoms with Crippen molar-refractivity contribution in [3.05, 3.63) is 53.9 Å². The van der Waals surface area contributed by atoms with Gasteiger partial charge in [-0.1, -0.05) is 12.1 Å². The number of hydrogen-bond donors (Lipinski definition) is 2.